The standard InChI is InChI=1S/C14H26N2O/c1-11(12-7-4-2-3-5-8-12)16-14(17)13-9-6-10-15-13/h11-13,15H,2-10H2,1H3,(H,16,17)/t11-,13?/m1/s1. The highest BCUT2D eigenvalue weighted by Crippen LogP contribution is 2.25. The molecule has 0 aromatic rings. The van der Waals surface area contributed by atoms with Crippen LogP contribution in [0.4, 0.5) is 0 Å². The zero-order valence-electron chi connectivity index (χ0n) is 11.0. The Morgan fingerprint density at radius 3 is 2.41 bits per heavy atom. The predicted octanol–water partition coefficient (Wildman–Crippen LogP) is 2.21. The smallest absolute Gasteiger partial charge is 0.237 e. The van der Waals surface area contributed by atoms with Gasteiger partial charge >= 0.3 is 0 Å². The van der Waals surface area contributed by atoms with Gasteiger partial charge in [-0.05, 0) is 45.1 Å². The van der Waals surface area contributed by atoms with Crippen molar-refractivity contribution < 1.29 is 4.79 Å². The van der Waals surface area contributed by atoms with E-state index in [2.05, 4.69) is 17.6 Å². The second kappa shape index (κ2) is 6.39. The molecule has 1 aliphatic carbocycles. The lowest BCUT2D eigenvalue weighted by molar-refractivity contribution is -0.123. The Kier molecular flexibility index (Phi) is 4.84. The lowest BCUT2D eigenvalue weighted by Crippen LogP contribution is -2.46. The van der Waals surface area contributed by atoms with Gasteiger partial charge in [0.2, 0.25) is 5.91 Å². The Balaban J connectivity index is 1.78. The van der Waals surface area contributed by atoms with Crippen molar-refractivity contribution in [3.8, 4) is 0 Å². The topological polar surface area (TPSA) is 41.1 Å². The molecule has 0 bridgehead atoms. The molecule has 0 aromatic heterocycles. The first kappa shape index (κ1) is 12.9. The molecule has 3 nitrogen and oxygen atoms in total. The number of hydrogen-bond donors (Lipinski definition) is 2. The minimum atomic E-state index is 0.0724. The average molecular weight is 238 g/mol. The molecule has 2 atom stereocenters. The van der Waals surface area contributed by atoms with Gasteiger partial charge in [-0.15, -0.1) is 0 Å². The maximum Gasteiger partial charge on any atom is 0.237 e. The van der Waals surface area contributed by atoms with E-state index in [0.29, 0.717) is 12.0 Å². The molecule has 98 valence electrons. The van der Waals surface area contributed by atoms with Crippen LogP contribution in [0.3, 0.4) is 0 Å². The fourth-order valence-corrected chi connectivity index (χ4v) is 3.16. The van der Waals surface area contributed by atoms with Crippen LogP contribution in [0, 0.1) is 5.92 Å². The second-order valence-electron chi connectivity index (χ2n) is 5.70. The van der Waals surface area contributed by atoms with Gasteiger partial charge in [0.25, 0.3) is 0 Å². The molecule has 0 aromatic carbocycles. The van der Waals surface area contributed by atoms with Gasteiger partial charge in [-0.2, -0.15) is 0 Å². The Hall–Kier alpha value is -0.570. The van der Waals surface area contributed by atoms with E-state index in [0.717, 1.165) is 19.4 Å². The van der Waals surface area contributed by atoms with Gasteiger partial charge in [-0.3, -0.25) is 4.79 Å². The van der Waals surface area contributed by atoms with E-state index in [9.17, 15) is 4.79 Å². The zero-order valence-corrected chi connectivity index (χ0v) is 11.0. The molecule has 2 rings (SSSR count). The molecule has 2 aliphatic rings. The van der Waals surface area contributed by atoms with E-state index < -0.39 is 0 Å². The van der Waals surface area contributed by atoms with E-state index >= 15 is 0 Å². The van der Waals surface area contributed by atoms with Gasteiger partial charge in [-0.1, -0.05) is 25.7 Å². The average Bonchev–Trinajstić information content (AvgIpc) is 2.71. The molecule has 17 heavy (non-hydrogen) atoms. The molecule has 1 aliphatic heterocycles. The lowest BCUT2D eigenvalue weighted by atomic mass is 9.93. The normalized spacial score (nSPS) is 28.6. The molecule has 1 heterocycles. The van der Waals surface area contributed by atoms with Crippen LogP contribution >= 0.6 is 0 Å². The highest BCUT2D eigenvalue weighted by Gasteiger charge is 2.26. The summed E-state index contributed by atoms with van der Waals surface area (Å²) in [5, 5.41) is 6.48. The van der Waals surface area contributed by atoms with Crippen LogP contribution in [-0.2, 0) is 4.79 Å². The first-order chi connectivity index (χ1) is 8.27. The lowest BCUT2D eigenvalue weighted by Gasteiger charge is -2.25. The number of nitrogens with one attached hydrogen (secondary N) is 2. The van der Waals surface area contributed by atoms with Crippen LogP contribution in [-0.4, -0.2) is 24.5 Å². The number of hydrogen-bond acceptors (Lipinski definition) is 2. The largest absolute Gasteiger partial charge is 0.352 e. The zero-order chi connectivity index (χ0) is 12.1. The van der Waals surface area contributed by atoms with E-state index in [4.69, 9.17) is 0 Å². The molecule has 0 radical (unpaired) electrons. The third kappa shape index (κ3) is 3.70. The van der Waals surface area contributed by atoms with Gasteiger partial charge in [0.15, 0.2) is 0 Å². The molecule has 0 spiro atoms. The third-order valence-electron chi connectivity index (χ3n) is 4.35. The van der Waals surface area contributed by atoms with Crippen molar-refractivity contribution in [2.24, 2.45) is 5.92 Å². The van der Waals surface area contributed by atoms with Crippen LogP contribution < -0.4 is 10.6 Å². The highest BCUT2D eigenvalue weighted by molar-refractivity contribution is 5.82. The summed E-state index contributed by atoms with van der Waals surface area (Å²) in [6.07, 6.45) is 10.2. The van der Waals surface area contributed by atoms with E-state index in [1.807, 2.05) is 0 Å². The minimum absolute atomic E-state index is 0.0724. The maximum atomic E-state index is 12.0. The van der Waals surface area contributed by atoms with Crippen LogP contribution in [0.15, 0.2) is 0 Å². The number of carbonyl (C=O) groups excluding carboxylic acids is 1. The summed E-state index contributed by atoms with van der Waals surface area (Å²) in [5.74, 6) is 0.919. The van der Waals surface area contributed by atoms with Crippen LogP contribution in [0.2, 0.25) is 0 Å². The van der Waals surface area contributed by atoms with Gasteiger partial charge in [-0.25, -0.2) is 0 Å². The highest BCUT2D eigenvalue weighted by atomic mass is 16.2. The molecule has 1 unspecified atom stereocenters. The van der Waals surface area contributed by atoms with E-state index in [-0.39, 0.29) is 11.9 Å². The minimum Gasteiger partial charge on any atom is -0.352 e. The SMILES string of the molecule is C[C@@H](NC(=O)C1CCCN1)C1CCCCCC1. The molecular weight excluding hydrogens is 212 g/mol. The van der Waals surface area contributed by atoms with Crippen LogP contribution in [0.25, 0.3) is 0 Å². The quantitative estimate of drug-likeness (QED) is 0.740. The summed E-state index contributed by atoms with van der Waals surface area (Å²) in [6.45, 7) is 3.18. The number of amides is 1. The van der Waals surface area contributed by atoms with Gasteiger partial charge in [0.05, 0.1) is 6.04 Å². The molecular formula is C14H26N2O. The predicted molar refractivity (Wildman–Crippen MR) is 69.8 cm³/mol. The van der Waals surface area contributed by atoms with Gasteiger partial charge in [0, 0.05) is 6.04 Å². The van der Waals surface area contributed by atoms with Gasteiger partial charge in [0.1, 0.15) is 0 Å². The first-order valence-electron chi connectivity index (χ1n) is 7.31. The van der Waals surface area contributed by atoms with Crippen LogP contribution in [0.1, 0.15) is 58.3 Å². The first-order valence-corrected chi connectivity index (χ1v) is 7.31. The summed E-state index contributed by atoms with van der Waals surface area (Å²) < 4.78 is 0. The maximum absolute atomic E-state index is 12.0. The van der Waals surface area contributed by atoms with Crippen LogP contribution in [0.5, 0.6) is 0 Å². The Morgan fingerprint density at radius 1 is 1.12 bits per heavy atom. The summed E-state index contributed by atoms with van der Waals surface area (Å²) in [7, 11) is 0. The Bertz CT molecular complexity index is 241. The van der Waals surface area contributed by atoms with Crippen molar-refractivity contribution in [3.63, 3.8) is 0 Å². The van der Waals surface area contributed by atoms with Crippen molar-refractivity contribution >= 4 is 5.91 Å². The molecule has 3 heteroatoms. The fraction of sp³-hybridized carbons (Fsp3) is 0.929. The Morgan fingerprint density at radius 2 is 1.82 bits per heavy atom. The van der Waals surface area contributed by atoms with Crippen molar-refractivity contribution in [1.29, 1.82) is 0 Å². The molecule has 1 amide bonds. The monoisotopic (exact) mass is 238 g/mol. The Labute approximate surface area is 105 Å². The molecule has 2 fully saturated rings. The molecule has 1 saturated heterocycles. The van der Waals surface area contributed by atoms with Crippen molar-refractivity contribution in [2.75, 3.05) is 6.54 Å². The fourth-order valence-electron chi connectivity index (χ4n) is 3.16. The third-order valence-corrected chi connectivity index (χ3v) is 4.35. The van der Waals surface area contributed by atoms with Crippen molar-refractivity contribution in [2.45, 2.75) is 70.4 Å². The van der Waals surface area contributed by atoms with E-state index in [1.165, 1.54) is 38.5 Å². The van der Waals surface area contributed by atoms with Crippen molar-refractivity contribution in [1.82, 2.24) is 10.6 Å². The number of rotatable bonds is 3. The number of carbonyl (C=O) groups is 1. The molecule has 2 N–H and O–H groups in total. The second-order valence-corrected chi connectivity index (χ2v) is 5.70. The summed E-state index contributed by atoms with van der Waals surface area (Å²) >= 11 is 0. The summed E-state index contributed by atoms with van der Waals surface area (Å²) in [6, 6.07) is 0.422. The van der Waals surface area contributed by atoms with Gasteiger partial charge < -0.3 is 10.6 Å². The van der Waals surface area contributed by atoms with Crippen molar-refractivity contribution in [3.05, 3.63) is 0 Å². The summed E-state index contributed by atoms with van der Waals surface area (Å²) in [4.78, 5) is 12.0. The molecule has 1 saturated carbocycles. The summed E-state index contributed by atoms with van der Waals surface area (Å²) in [5.41, 5.74) is 0. The van der Waals surface area contributed by atoms with E-state index in [1.54, 1.807) is 0 Å².